The number of hydrogen-bond donors (Lipinski definition) is 1. The summed E-state index contributed by atoms with van der Waals surface area (Å²) in [5, 5.41) is 3.39. The zero-order chi connectivity index (χ0) is 14.7. The van der Waals surface area contributed by atoms with Gasteiger partial charge < -0.3 is 10.1 Å². The Kier molecular flexibility index (Phi) is 4.46. The Balaban J connectivity index is 1.67. The highest BCUT2D eigenvalue weighted by molar-refractivity contribution is 8.00. The number of para-hydroxylation sites is 1. The molecule has 110 valence electrons. The molecule has 0 aliphatic carbocycles. The maximum atomic E-state index is 14.0. The molecule has 4 heteroatoms. The van der Waals surface area contributed by atoms with Gasteiger partial charge in [-0.15, -0.1) is 11.8 Å². The molecule has 0 amide bonds. The Morgan fingerprint density at radius 1 is 1.24 bits per heavy atom. The fourth-order valence-corrected chi connectivity index (χ4v) is 3.79. The molecule has 2 aromatic carbocycles. The summed E-state index contributed by atoms with van der Waals surface area (Å²) in [6.07, 6.45) is 0.983. The molecule has 0 aromatic heterocycles. The van der Waals surface area contributed by atoms with Gasteiger partial charge in [-0.2, -0.15) is 0 Å². The van der Waals surface area contributed by atoms with E-state index in [-0.39, 0.29) is 5.82 Å². The third-order valence-electron chi connectivity index (χ3n) is 3.54. The van der Waals surface area contributed by atoms with Crippen LogP contribution in [0.5, 0.6) is 5.75 Å². The van der Waals surface area contributed by atoms with Gasteiger partial charge in [-0.25, -0.2) is 4.39 Å². The summed E-state index contributed by atoms with van der Waals surface area (Å²) in [7, 11) is 1.85. The average molecular weight is 303 g/mol. The molecule has 1 aliphatic rings. The second kappa shape index (κ2) is 6.50. The number of benzene rings is 2. The summed E-state index contributed by atoms with van der Waals surface area (Å²) < 4.78 is 19.8. The van der Waals surface area contributed by atoms with Crippen molar-refractivity contribution < 1.29 is 9.13 Å². The Bertz CT molecular complexity index is 607. The van der Waals surface area contributed by atoms with Crippen LogP contribution in [0.1, 0.15) is 11.1 Å². The molecule has 0 spiro atoms. The number of hydrogen-bond acceptors (Lipinski definition) is 3. The van der Waals surface area contributed by atoms with Gasteiger partial charge in [-0.05, 0) is 31.2 Å². The normalized spacial score (nSPS) is 16.8. The first-order chi connectivity index (χ1) is 10.3. The van der Waals surface area contributed by atoms with Crippen LogP contribution in [0.15, 0.2) is 47.4 Å². The third kappa shape index (κ3) is 3.22. The lowest BCUT2D eigenvalue weighted by atomic mass is 10.1. The summed E-state index contributed by atoms with van der Waals surface area (Å²) >= 11 is 1.82. The Labute approximate surface area is 128 Å². The Morgan fingerprint density at radius 3 is 2.90 bits per heavy atom. The zero-order valence-electron chi connectivity index (χ0n) is 11.9. The number of thioether (sulfide) groups is 1. The topological polar surface area (TPSA) is 21.3 Å². The van der Waals surface area contributed by atoms with Crippen LogP contribution in [-0.4, -0.2) is 18.9 Å². The number of ether oxygens (including phenoxy) is 1. The molecule has 1 N–H and O–H groups in total. The fraction of sp³-hybridized carbons (Fsp3) is 0.294. The van der Waals surface area contributed by atoms with E-state index in [0.29, 0.717) is 24.2 Å². The van der Waals surface area contributed by atoms with E-state index < -0.39 is 0 Å². The molecule has 1 heterocycles. The summed E-state index contributed by atoms with van der Waals surface area (Å²) in [5.41, 5.74) is 2.22. The van der Waals surface area contributed by atoms with Crippen LogP contribution in [0, 0.1) is 5.82 Å². The van der Waals surface area contributed by atoms with E-state index in [1.807, 2.05) is 24.9 Å². The molecule has 1 atom stereocenters. The standard InChI is InChI=1S/C17H18FNOS/c1-19-10-13-6-4-7-15(18)17(13)20-11-14-9-12-5-2-3-8-16(12)21-14/h2-8,14,19H,9-11H2,1H3. The van der Waals surface area contributed by atoms with E-state index in [1.165, 1.54) is 16.5 Å². The van der Waals surface area contributed by atoms with Crippen molar-refractivity contribution in [2.24, 2.45) is 0 Å². The summed E-state index contributed by atoms with van der Waals surface area (Å²) in [6, 6.07) is 13.5. The summed E-state index contributed by atoms with van der Waals surface area (Å²) in [5.74, 6) is 0.0895. The van der Waals surface area contributed by atoms with Crippen LogP contribution in [0.25, 0.3) is 0 Å². The lowest BCUT2D eigenvalue weighted by molar-refractivity contribution is 0.297. The molecule has 1 unspecified atom stereocenters. The number of nitrogens with one attached hydrogen (secondary N) is 1. The van der Waals surface area contributed by atoms with Crippen molar-refractivity contribution in [2.45, 2.75) is 23.1 Å². The molecule has 2 aromatic rings. The van der Waals surface area contributed by atoms with Crippen molar-refractivity contribution in [3.63, 3.8) is 0 Å². The molecule has 21 heavy (non-hydrogen) atoms. The SMILES string of the molecule is CNCc1cccc(F)c1OCC1Cc2ccccc2S1. The maximum Gasteiger partial charge on any atom is 0.165 e. The van der Waals surface area contributed by atoms with Crippen molar-refractivity contribution in [1.29, 1.82) is 0 Å². The van der Waals surface area contributed by atoms with Crippen LogP contribution in [0.2, 0.25) is 0 Å². The largest absolute Gasteiger partial charge is 0.489 e. The van der Waals surface area contributed by atoms with Gasteiger partial charge in [-0.3, -0.25) is 0 Å². The van der Waals surface area contributed by atoms with Crippen LogP contribution in [0.3, 0.4) is 0 Å². The van der Waals surface area contributed by atoms with Gasteiger partial charge in [-0.1, -0.05) is 30.3 Å². The summed E-state index contributed by atoms with van der Waals surface area (Å²) in [4.78, 5) is 1.31. The van der Waals surface area contributed by atoms with Crippen LogP contribution in [-0.2, 0) is 13.0 Å². The van der Waals surface area contributed by atoms with Gasteiger partial charge in [0.15, 0.2) is 11.6 Å². The predicted octanol–water partition coefficient (Wildman–Crippen LogP) is 3.64. The third-order valence-corrected chi connectivity index (χ3v) is 4.83. The predicted molar refractivity (Wildman–Crippen MR) is 84.4 cm³/mol. The molecule has 3 rings (SSSR count). The minimum absolute atomic E-state index is 0.289. The lowest BCUT2D eigenvalue weighted by Gasteiger charge is -2.15. The Morgan fingerprint density at radius 2 is 2.10 bits per heavy atom. The number of rotatable bonds is 5. The van der Waals surface area contributed by atoms with Gasteiger partial charge in [0.2, 0.25) is 0 Å². The highest BCUT2D eigenvalue weighted by Gasteiger charge is 2.23. The Hall–Kier alpha value is -1.52. The first-order valence-corrected chi connectivity index (χ1v) is 7.95. The van der Waals surface area contributed by atoms with Gasteiger partial charge >= 0.3 is 0 Å². The minimum atomic E-state index is -0.289. The van der Waals surface area contributed by atoms with Gasteiger partial charge in [0.1, 0.15) is 6.61 Å². The van der Waals surface area contributed by atoms with Gasteiger partial charge in [0, 0.05) is 22.3 Å². The monoisotopic (exact) mass is 303 g/mol. The first kappa shape index (κ1) is 14.4. The second-order valence-electron chi connectivity index (χ2n) is 5.12. The van der Waals surface area contributed by atoms with E-state index in [9.17, 15) is 4.39 Å². The van der Waals surface area contributed by atoms with Crippen molar-refractivity contribution in [2.75, 3.05) is 13.7 Å². The molecule has 0 saturated heterocycles. The molecule has 2 nitrogen and oxygen atoms in total. The molecule has 0 radical (unpaired) electrons. The van der Waals surface area contributed by atoms with Crippen molar-refractivity contribution in [3.8, 4) is 5.75 Å². The first-order valence-electron chi connectivity index (χ1n) is 7.07. The fourth-order valence-electron chi connectivity index (χ4n) is 2.57. The van der Waals surface area contributed by atoms with Gasteiger partial charge in [0.05, 0.1) is 0 Å². The molecular weight excluding hydrogens is 285 g/mol. The zero-order valence-corrected chi connectivity index (χ0v) is 12.8. The van der Waals surface area contributed by atoms with E-state index in [1.54, 1.807) is 6.07 Å². The highest BCUT2D eigenvalue weighted by Crippen LogP contribution is 2.37. The van der Waals surface area contributed by atoms with Crippen molar-refractivity contribution >= 4 is 11.8 Å². The molecule has 0 fully saturated rings. The molecule has 1 aliphatic heterocycles. The van der Waals surface area contributed by atoms with Crippen LogP contribution >= 0.6 is 11.8 Å². The average Bonchev–Trinajstić information content (AvgIpc) is 2.90. The van der Waals surface area contributed by atoms with Gasteiger partial charge in [0.25, 0.3) is 0 Å². The molecular formula is C17H18FNOS. The number of fused-ring (bicyclic) bond motifs is 1. The van der Waals surface area contributed by atoms with E-state index in [0.717, 1.165) is 12.0 Å². The quantitative estimate of drug-likeness (QED) is 0.911. The molecule has 0 bridgehead atoms. The highest BCUT2D eigenvalue weighted by atomic mass is 32.2. The smallest absolute Gasteiger partial charge is 0.165 e. The van der Waals surface area contributed by atoms with E-state index in [4.69, 9.17) is 4.74 Å². The van der Waals surface area contributed by atoms with Crippen LogP contribution < -0.4 is 10.1 Å². The van der Waals surface area contributed by atoms with Crippen molar-refractivity contribution in [1.82, 2.24) is 5.32 Å². The number of halogens is 1. The minimum Gasteiger partial charge on any atom is -0.489 e. The van der Waals surface area contributed by atoms with E-state index in [2.05, 4.69) is 29.6 Å². The van der Waals surface area contributed by atoms with E-state index >= 15 is 0 Å². The lowest BCUT2D eigenvalue weighted by Crippen LogP contribution is -2.16. The summed E-state index contributed by atoms with van der Waals surface area (Å²) in [6.45, 7) is 1.13. The molecule has 0 saturated carbocycles. The second-order valence-corrected chi connectivity index (χ2v) is 6.46. The van der Waals surface area contributed by atoms with Crippen LogP contribution in [0.4, 0.5) is 4.39 Å². The van der Waals surface area contributed by atoms with Crippen molar-refractivity contribution in [3.05, 3.63) is 59.4 Å². The maximum absolute atomic E-state index is 14.0.